The molecule has 23 heavy (non-hydrogen) atoms. The van der Waals surface area contributed by atoms with E-state index in [0.717, 1.165) is 12.8 Å². The Labute approximate surface area is 131 Å². The molecule has 0 aliphatic carbocycles. The Balaban J connectivity index is 4.93. The zero-order valence-corrected chi connectivity index (χ0v) is 13.3. The Morgan fingerprint density at radius 1 is 1.09 bits per heavy atom. The van der Waals surface area contributed by atoms with Crippen molar-refractivity contribution >= 4 is 11.9 Å². The van der Waals surface area contributed by atoms with Crippen molar-refractivity contribution in [2.75, 3.05) is 6.61 Å². The lowest BCUT2D eigenvalue weighted by Gasteiger charge is -2.26. The van der Waals surface area contributed by atoms with Crippen LogP contribution >= 0.6 is 0 Å². The summed E-state index contributed by atoms with van der Waals surface area (Å²) >= 11 is 0. The topological polar surface area (TPSA) is 55.4 Å². The second-order valence-corrected chi connectivity index (χ2v) is 5.28. The lowest BCUT2D eigenvalue weighted by molar-refractivity contribution is -0.270. The van der Waals surface area contributed by atoms with Gasteiger partial charge in [-0.15, -0.1) is 0 Å². The second-order valence-electron chi connectivity index (χ2n) is 5.28. The summed E-state index contributed by atoms with van der Waals surface area (Å²) in [4.78, 5) is 23.1. The van der Waals surface area contributed by atoms with E-state index in [4.69, 9.17) is 4.74 Å². The van der Waals surface area contributed by atoms with Gasteiger partial charge in [-0.1, -0.05) is 40.0 Å². The van der Waals surface area contributed by atoms with Gasteiger partial charge >= 0.3 is 24.0 Å². The van der Waals surface area contributed by atoms with Gasteiger partial charge in [0.05, 0.1) is 6.61 Å². The van der Waals surface area contributed by atoms with Crippen LogP contribution in [0, 0.1) is 5.92 Å². The molecule has 0 aliphatic heterocycles. The molecule has 1 amide bonds. The molecule has 0 saturated heterocycles. The SMILES string of the molecule is CCCCCOC(=O)C(NC(=O)C(F)(F)C(F)(F)F)C(C)CC. The van der Waals surface area contributed by atoms with Crippen LogP contribution in [0.15, 0.2) is 0 Å². The van der Waals surface area contributed by atoms with Gasteiger partial charge in [0.2, 0.25) is 0 Å². The Morgan fingerprint density at radius 3 is 2.09 bits per heavy atom. The second kappa shape index (κ2) is 9.02. The fraction of sp³-hybridized carbons (Fsp3) is 0.857. The summed E-state index contributed by atoms with van der Waals surface area (Å²) in [5, 5.41) is 1.47. The molecule has 136 valence electrons. The summed E-state index contributed by atoms with van der Waals surface area (Å²) in [6.45, 7) is 4.99. The van der Waals surface area contributed by atoms with Gasteiger partial charge in [-0.25, -0.2) is 4.79 Å². The molecule has 0 rings (SSSR count). The van der Waals surface area contributed by atoms with Gasteiger partial charge in [0, 0.05) is 0 Å². The molecule has 2 unspecified atom stereocenters. The van der Waals surface area contributed by atoms with Crippen molar-refractivity contribution in [2.45, 2.75) is 64.6 Å². The normalized spacial score (nSPS) is 15.0. The van der Waals surface area contributed by atoms with E-state index >= 15 is 0 Å². The third kappa shape index (κ3) is 6.31. The van der Waals surface area contributed by atoms with Crippen LogP contribution < -0.4 is 5.32 Å². The van der Waals surface area contributed by atoms with Gasteiger partial charge in [0.15, 0.2) is 0 Å². The van der Waals surface area contributed by atoms with Crippen molar-refractivity contribution in [1.29, 1.82) is 0 Å². The number of unbranched alkanes of at least 4 members (excludes halogenated alkanes) is 2. The molecule has 0 aromatic heterocycles. The maximum atomic E-state index is 13.0. The number of esters is 1. The number of carbonyl (C=O) groups is 2. The van der Waals surface area contributed by atoms with Crippen LogP contribution in [0.4, 0.5) is 22.0 Å². The van der Waals surface area contributed by atoms with E-state index in [1.807, 2.05) is 6.92 Å². The molecule has 2 atom stereocenters. The molecule has 9 heteroatoms. The van der Waals surface area contributed by atoms with Crippen LogP contribution in [0.3, 0.4) is 0 Å². The van der Waals surface area contributed by atoms with Gasteiger partial charge in [0.25, 0.3) is 0 Å². The summed E-state index contributed by atoms with van der Waals surface area (Å²) in [6, 6.07) is -1.55. The Hall–Kier alpha value is -1.41. The third-order valence-corrected chi connectivity index (χ3v) is 3.39. The lowest BCUT2D eigenvalue weighted by atomic mass is 9.99. The van der Waals surface area contributed by atoms with Crippen LogP contribution in [-0.4, -0.2) is 36.6 Å². The van der Waals surface area contributed by atoms with Crippen molar-refractivity contribution in [3.63, 3.8) is 0 Å². The van der Waals surface area contributed by atoms with Crippen molar-refractivity contribution in [1.82, 2.24) is 5.32 Å². The summed E-state index contributed by atoms with van der Waals surface area (Å²) in [6.07, 6.45) is -3.56. The first-order valence-electron chi connectivity index (χ1n) is 7.41. The summed E-state index contributed by atoms with van der Waals surface area (Å²) in [5.74, 6) is -9.79. The molecule has 1 N–H and O–H groups in total. The Kier molecular flexibility index (Phi) is 8.47. The number of amides is 1. The predicted octanol–water partition coefficient (Wildman–Crippen LogP) is 3.45. The molecule has 0 heterocycles. The van der Waals surface area contributed by atoms with Crippen LogP contribution in [-0.2, 0) is 14.3 Å². The molecule has 0 aromatic rings. The molecular weight excluding hydrogens is 325 g/mol. The predicted molar refractivity (Wildman–Crippen MR) is 72.9 cm³/mol. The number of alkyl halides is 5. The highest BCUT2D eigenvalue weighted by molar-refractivity contribution is 5.89. The van der Waals surface area contributed by atoms with Gasteiger partial charge in [-0.05, 0) is 12.3 Å². The molecule has 4 nitrogen and oxygen atoms in total. The molecule has 0 spiro atoms. The smallest absolute Gasteiger partial charge is 0.463 e. The van der Waals surface area contributed by atoms with E-state index in [9.17, 15) is 31.5 Å². The van der Waals surface area contributed by atoms with E-state index in [-0.39, 0.29) is 13.0 Å². The van der Waals surface area contributed by atoms with Crippen molar-refractivity contribution in [3.8, 4) is 0 Å². The number of halogens is 5. The summed E-state index contributed by atoms with van der Waals surface area (Å²) in [5.41, 5.74) is 0. The zero-order valence-electron chi connectivity index (χ0n) is 13.3. The van der Waals surface area contributed by atoms with Gasteiger partial charge in [0.1, 0.15) is 6.04 Å². The first-order chi connectivity index (χ1) is 10.5. The van der Waals surface area contributed by atoms with Crippen LogP contribution in [0.1, 0.15) is 46.5 Å². The average molecular weight is 347 g/mol. The first-order valence-corrected chi connectivity index (χ1v) is 7.41. The Morgan fingerprint density at radius 2 is 1.65 bits per heavy atom. The molecule has 0 saturated carbocycles. The van der Waals surface area contributed by atoms with E-state index in [2.05, 4.69) is 0 Å². The monoisotopic (exact) mass is 347 g/mol. The number of rotatable bonds is 9. The quantitative estimate of drug-likeness (QED) is 0.395. The number of hydrogen-bond donors (Lipinski definition) is 1. The summed E-state index contributed by atoms with van der Waals surface area (Å²) < 4.78 is 67.3. The van der Waals surface area contributed by atoms with Gasteiger partial charge in [-0.3, -0.25) is 4.79 Å². The highest BCUT2D eigenvalue weighted by Crippen LogP contribution is 2.35. The fourth-order valence-corrected chi connectivity index (χ4v) is 1.64. The maximum absolute atomic E-state index is 13.0. The minimum atomic E-state index is -6.03. The van der Waals surface area contributed by atoms with E-state index in [1.165, 1.54) is 12.2 Å². The zero-order chi connectivity index (χ0) is 18.3. The number of hydrogen-bond acceptors (Lipinski definition) is 3. The van der Waals surface area contributed by atoms with Crippen LogP contribution in [0.5, 0.6) is 0 Å². The van der Waals surface area contributed by atoms with Crippen molar-refractivity contribution < 1.29 is 36.3 Å². The van der Waals surface area contributed by atoms with E-state index in [1.54, 1.807) is 6.92 Å². The van der Waals surface area contributed by atoms with E-state index < -0.39 is 35.9 Å². The molecule has 0 aliphatic rings. The minimum absolute atomic E-state index is 0.0190. The number of carbonyl (C=O) groups excluding carboxylic acids is 2. The number of ether oxygens (including phenoxy) is 1. The largest absolute Gasteiger partial charge is 0.464 e. The Bertz CT molecular complexity index is 398. The molecule has 0 aromatic carbocycles. The maximum Gasteiger partial charge on any atom is 0.463 e. The highest BCUT2D eigenvalue weighted by atomic mass is 19.4. The van der Waals surface area contributed by atoms with Gasteiger partial charge in [-0.2, -0.15) is 22.0 Å². The third-order valence-electron chi connectivity index (χ3n) is 3.39. The van der Waals surface area contributed by atoms with Crippen LogP contribution in [0.25, 0.3) is 0 Å². The first kappa shape index (κ1) is 21.6. The highest BCUT2D eigenvalue weighted by Gasteiger charge is 2.63. The van der Waals surface area contributed by atoms with Crippen molar-refractivity contribution in [2.24, 2.45) is 5.92 Å². The fourth-order valence-electron chi connectivity index (χ4n) is 1.64. The standard InChI is InChI=1S/C14H22F5NO3/c1-4-6-7-8-23-11(21)10(9(3)5-2)20-12(22)13(15,16)14(17,18)19/h9-10H,4-8H2,1-3H3,(H,20,22). The number of nitrogens with one attached hydrogen (secondary N) is 1. The van der Waals surface area contributed by atoms with Crippen LogP contribution in [0.2, 0.25) is 0 Å². The summed E-state index contributed by atoms with van der Waals surface area (Å²) in [7, 11) is 0. The average Bonchev–Trinajstić information content (AvgIpc) is 2.46. The molecule has 0 fully saturated rings. The molecule has 0 radical (unpaired) electrons. The van der Waals surface area contributed by atoms with Crippen molar-refractivity contribution in [3.05, 3.63) is 0 Å². The lowest BCUT2D eigenvalue weighted by Crippen LogP contribution is -2.56. The van der Waals surface area contributed by atoms with Gasteiger partial charge < -0.3 is 10.1 Å². The molecular formula is C14H22F5NO3. The molecule has 0 bridgehead atoms. The minimum Gasteiger partial charge on any atom is -0.464 e. The van der Waals surface area contributed by atoms with E-state index in [0.29, 0.717) is 6.42 Å².